The minimum Gasteiger partial charge on any atom is -0.366 e. The summed E-state index contributed by atoms with van der Waals surface area (Å²) in [5.41, 5.74) is 1.05. The SMILES string of the molecule is CN1CCO[C@H](C(=O)N2CCn3c(nnc3-c3ccccc3)C2)C1. The van der Waals surface area contributed by atoms with E-state index in [4.69, 9.17) is 4.74 Å². The lowest BCUT2D eigenvalue weighted by Gasteiger charge is -2.34. The van der Waals surface area contributed by atoms with Crippen LogP contribution in [0, 0.1) is 0 Å². The second kappa shape index (κ2) is 6.33. The molecular formula is C17H21N5O2. The Morgan fingerprint density at radius 3 is 2.79 bits per heavy atom. The summed E-state index contributed by atoms with van der Waals surface area (Å²) in [4.78, 5) is 16.7. The molecule has 1 aromatic carbocycles. The number of rotatable bonds is 2. The van der Waals surface area contributed by atoms with Crippen molar-refractivity contribution in [3.63, 3.8) is 0 Å². The summed E-state index contributed by atoms with van der Waals surface area (Å²) in [6.45, 7) is 3.99. The van der Waals surface area contributed by atoms with Gasteiger partial charge in [-0.25, -0.2) is 0 Å². The van der Waals surface area contributed by atoms with E-state index in [1.807, 2.05) is 42.3 Å². The number of nitrogens with zero attached hydrogens (tertiary/aromatic N) is 5. The molecule has 2 aliphatic rings. The lowest BCUT2D eigenvalue weighted by Crippen LogP contribution is -2.51. The standard InChI is InChI=1S/C17H21N5O2/c1-20-9-10-24-14(11-20)17(23)21-7-8-22-15(12-21)18-19-16(22)13-5-3-2-4-6-13/h2-6,14H,7-12H2,1H3/t14-/m0/s1. The van der Waals surface area contributed by atoms with Crippen molar-refractivity contribution in [2.75, 3.05) is 33.3 Å². The van der Waals surface area contributed by atoms with Crippen LogP contribution in [-0.4, -0.2) is 69.9 Å². The average molecular weight is 327 g/mol. The van der Waals surface area contributed by atoms with Gasteiger partial charge in [0, 0.05) is 31.7 Å². The third kappa shape index (κ3) is 2.81. The molecule has 1 aromatic heterocycles. The number of hydrogen-bond acceptors (Lipinski definition) is 5. The monoisotopic (exact) mass is 327 g/mol. The van der Waals surface area contributed by atoms with Gasteiger partial charge in [0.05, 0.1) is 13.2 Å². The van der Waals surface area contributed by atoms with Crippen molar-refractivity contribution >= 4 is 5.91 Å². The Morgan fingerprint density at radius 1 is 1.17 bits per heavy atom. The maximum atomic E-state index is 12.7. The molecule has 7 nitrogen and oxygen atoms in total. The summed E-state index contributed by atoms with van der Waals surface area (Å²) in [6, 6.07) is 10.0. The van der Waals surface area contributed by atoms with Crippen LogP contribution in [-0.2, 0) is 22.6 Å². The Balaban J connectivity index is 1.51. The van der Waals surface area contributed by atoms with Crippen LogP contribution in [0.2, 0.25) is 0 Å². The number of ether oxygens (including phenoxy) is 1. The summed E-state index contributed by atoms with van der Waals surface area (Å²) in [5.74, 6) is 1.75. The molecule has 0 radical (unpaired) electrons. The van der Waals surface area contributed by atoms with E-state index in [1.54, 1.807) is 0 Å². The zero-order chi connectivity index (χ0) is 16.5. The fourth-order valence-corrected chi connectivity index (χ4v) is 3.28. The van der Waals surface area contributed by atoms with Crippen molar-refractivity contribution in [3.8, 4) is 11.4 Å². The third-order valence-electron chi connectivity index (χ3n) is 4.64. The number of carbonyl (C=O) groups excluding carboxylic acids is 1. The molecule has 24 heavy (non-hydrogen) atoms. The molecule has 0 N–H and O–H groups in total. The molecular weight excluding hydrogens is 306 g/mol. The number of likely N-dealkylation sites (N-methyl/N-ethyl adjacent to an activating group) is 1. The summed E-state index contributed by atoms with van der Waals surface area (Å²) in [7, 11) is 2.02. The molecule has 1 amide bonds. The van der Waals surface area contributed by atoms with E-state index in [2.05, 4.69) is 19.7 Å². The third-order valence-corrected chi connectivity index (χ3v) is 4.64. The Labute approximate surface area is 140 Å². The minimum atomic E-state index is -0.369. The zero-order valence-corrected chi connectivity index (χ0v) is 13.8. The molecule has 0 spiro atoms. The van der Waals surface area contributed by atoms with Gasteiger partial charge in [-0.3, -0.25) is 4.79 Å². The first-order valence-corrected chi connectivity index (χ1v) is 8.29. The van der Waals surface area contributed by atoms with Crippen LogP contribution < -0.4 is 0 Å². The van der Waals surface area contributed by atoms with E-state index in [9.17, 15) is 4.79 Å². The van der Waals surface area contributed by atoms with Gasteiger partial charge in [-0.15, -0.1) is 10.2 Å². The maximum Gasteiger partial charge on any atom is 0.253 e. The van der Waals surface area contributed by atoms with Crippen LogP contribution >= 0.6 is 0 Å². The summed E-state index contributed by atoms with van der Waals surface area (Å²) in [6.07, 6.45) is -0.369. The molecule has 0 bridgehead atoms. The topological polar surface area (TPSA) is 63.5 Å². The van der Waals surface area contributed by atoms with Crippen LogP contribution in [0.5, 0.6) is 0 Å². The molecule has 4 rings (SSSR count). The van der Waals surface area contributed by atoms with Crippen molar-refractivity contribution in [3.05, 3.63) is 36.2 Å². The van der Waals surface area contributed by atoms with E-state index in [1.165, 1.54) is 0 Å². The van der Waals surface area contributed by atoms with Crippen molar-refractivity contribution in [1.82, 2.24) is 24.6 Å². The maximum absolute atomic E-state index is 12.7. The van der Waals surface area contributed by atoms with Gasteiger partial charge >= 0.3 is 0 Å². The lowest BCUT2D eigenvalue weighted by atomic mass is 10.2. The highest BCUT2D eigenvalue weighted by Gasteiger charge is 2.32. The highest BCUT2D eigenvalue weighted by molar-refractivity contribution is 5.81. The zero-order valence-electron chi connectivity index (χ0n) is 13.8. The summed E-state index contributed by atoms with van der Waals surface area (Å²) in [5, 5.41) is 8.62. The quantitative estimate of drug-likeness (QED) is 0.809. The van der Waals surface area contributed by atoms with Gasteiger partial charge in [0.1, 0.15) is 6.10 Å². The number of amides is 1. The van der Waals surface area contributed by atoms with E-state index >= 15 is 0 Å². The van der Waals surface area contributed by atoms with Gasteiger partial charge in [-0.1, -0.05) is 30.3 Å². The van der Waals surface area contributed by atoms with Crippen LogP contribution in [0.15, 0.2) is 30.3 Å². The Kier molecular flexibility index (Phi) is 4.03. The Hall–Kier alpha value is -2.25. The summed E-state index contributed by atoms with van der Waals surface area (Å²) < 4.78 is 7.75. The largest absolute Gasteiger partial charge is 0.366 e. The van der Waals surface area contributed by atoms with Crippen molar-refractivity contribution < 1.29 is 9.53 Å². The molecule has 0 unspecified atom stereocenters. The van der Waals surface area contributed by atoms with Crippen molar-refractivity contribution in [1.29, 1.82) is 0 Å². The minimum absolute atomic E-state index is 0.0528. The number of fused-ring (bicyclic) bond motifs is 1. The molecule has 7 heteroatoms. The number of benzene rings is 1. The van der Waals surface area contributed by atoms with Crippen LogP contribution in [0.3, 0.4) is 0 Å². The number of carbonyl (C=O) groups is 1. The second-order valence-electron chi connectivity index (χ2n) is 6.34. The Morgan fingerprint density at radius 2 is 2.00 bits per heavy atom. The van der Waals surface area contributed by atoms with Gasteiger partial charge < -0.3 is 19.1 Å². The number of morpholine rings is 1. The first-order chi connectivity index (χ1) is 11.7. The van der Waals surface area contributed by atoms with Crippen molar-refractivity contribution in [2.24, 2.45) is 0 Å². The predicted octanol–water partition coefficient (Wildman–Crippen LogP) is 0.618. The van der Waals surface area contributed by atoms with Gasteiger partial charge in [-0.05, 0) is 7.05 Å². The average Bonchev–Trinajstić information content (AvgIpc) is 3.05. The van der Waals surface area contributed by atoms with Crippen LogP contribution in [0.25, 0.3) is 11.4 Å². The van der Waals surface area contributed by atoms with Gasteiger partial charge in [0.15, 0.2) is 11.6 Å². The molecule has 1 saturated heterocycles. The predicted molar refractivity (Wildman–Crippen MR) is 88.1 cm³/mol. The molecule has 2 aromatic rings. The molecule has 1 atom stereocenters. The van der Waals surface area contributed by atoms with E-state index in [0.29, 0.717) is 32.8 Å². The molecule has 126 valence electrons. The lowest BCUT2D eigenvalue weighted by molar-refractivity contribution is -0.150. The van der Waals surface area contributed by atoms with Crippen LogP contribution in [0.4, 0.5) is 0 Å². The molecule has 3 heterocycles. The second-order valence-corrected chi connectivity index (χ2v) is 6.34. The van der Waals surface area contributed by atoms with E-state index in [0.717, 1.165) is 23.8 Å². The molecule has 1 fully saturated rings. The molecule has 0 aliphatic carbocycles. The number of hydrogen-bond donors (Lipinski definition) is 0. The van der Waals surface area contributed by atoms with Crippen LogP contribution in [0.1, 0.15) is 5.82 Å². The molecule has 0 saturated carbocycles. The summed E-state index contributed by atoms with van der Waals surface area (Å²) >= 11 is 0. The fraction of sp³-hybridized carbons (Fsp3) is 0.471. The van der Waals surface area contributed by atoms with Gasteiger partial charge in [0.25, 0.3) is 5.91 Å². The molecule has 2 aliphatic heterocycles. The van der Waals surface area contributed by atoms with Crippen molar-refractivity contribution in [2.45, 2.75) is 19.2 Å². The smallest absolute Gasteiger partial charge is 0.253 e. The first-order valence-electron chi connectivity index (χ1n) is 8.29. The highest BCUT2D eigenvalue weighted by atomic mass is 16.5. The van der Waals surface area contributed by atoms with Gasteiger partial charge in [0.2, 0.25) is 0 Å². The van der Waals surface area contributed by atoms with Gasteiger partial charge in [-0.2, -0.15) is 0 Å². The highest BCUT2D eigenvalue weighted by Crippen LogP contribution is 2.22. The fourth-order valence-electron chi connectivity index (χ4n) is 3.28. The number of aromatic nitrogens is 3. The Bertz CT molecular complexity index is 730. The van der Waals surface area contributed by atoms with E-state index < -0.39 is 0 Å². The van der Waals surface area contributed by atoms with E-state index in [-0.39, 0.29) is 12.0 Å². The first kappa shape index (κ1) is 15.3. The normalized spacial score (nSPS) is 21.5.